The summed E-state index contributed by atoms with van der Waals surface area (Å²) in [7, 11) is 1.63. The lowest BCUT2D eigenvalue weighted by molar-refractivity contribution is 0.412. The van der Waals surface area contributed by atoms with Crippen molar-refractivity contribution in [2.75, 3.05) is 12.8 Å². The van der Waals surface area contributed by atoms with Gasteiger partial charge < -0.3 is 15.0 Å². The lowest BCUT2D eigenvalue weighted by Gasteiger charge is -2.08. The van der Waals surface area contributed by atoms with Crippen molar-refractivity contribution >= 4 is 5.88 Å². The van der Waals surface area contributed by atoms with Crippen molar-refractivity contribution in [1.82, 2.24) is 15.1 Å². The third-order valence-electron chi connectivity index (χ3n) is 3.25. The van der Waals surface area contributed by atoms with E-state index in [0.717, 1.165) is 22.4 Å². The van der Waals surface area contributed by atoms with Gasteiger partial charge in [-0.25, -0.2) is 9.97 Å². The van der Waals surface area contributed by atoms with E-state index < -0.39 is 0 Å². The number of nitrogens with zero attached hydrogens (tertiary/aromatic N) is 3. The summed E-state index contributed by atoms with van der Waals surface area (Å²) in [5, 5.41) is 4.02. The van der Waals surface area contributed by atoms with Gasteiger partial charge in [0.25, 0.3) is 0 Å². The zero-order valence-corrected chi connectivity index (χ0v) is 11.7. The first-order valence-electron chi connectivity index (χ1n) is 6.36. The molecular formula is C15H14N4O2. The van der Waals surface area contributed by atoms with E-state index in [4.69, 9.17) is 15.0 Å². The Morgan fingerprint density at radius 1 is 1.14 bits per heavy atom. The van der Waals surface area contributed by atoms with Crippen LogP contribution in [0.2, 0.25) is 0 Å². The van der Waals surface area contributed by atoms with Gasteiger partial charge in [-0.3, -0.25) is 0 Å². The van der Waals surface area contributed by atoms with Crippen LogP contribution >= 0.6 is 0 Å². The number of anilines is 1. The van der Waals surface area contributed by atoms with E-state index in [1.54, 1.807) is 19.5 Å². The van der Waals surface area contributed by atoms with Crippen LogP contribution in [0.3, 0.4) is 0 Å². The molecule has 0 aliphatic heterocycles. The van der Waals surface area contributed by atoms with Gasteiger partial charge in [-0.2, -0.15) is 0 Å². The number of aryl methyl sites for hydroxylation is 1. The molecule has 0 radical (unpaired) electrons. The summed E-state index contributed by atoms with van der Waals surface area (Å²) in [6.45, 7) is 1.98. The van der Waals surface area contributed by atoms with Crippen molar-refractivity contribution in [2.45, 2.75) is 6.92 Å². The molecular weight excluding hydrogens is 268 g/mol. The van der Waals surface area contributed by atoms with Crippen LogP contribution in [-0.4, -0.2) is 22.2 Å². The minimum atomic E-state index is 0.250. The van der Waals surface area contributed by atoms with Gasteiger partial charge in [0.05, 0.1) is 12.7 Å². The van der Waals surface area contributed by atoms with Gasteiger partial charge in [0.2, 0.25) is 5.88 Å². The van der Waals surface area contributed by atoms with E-state index in [-0.39, 0.29) is 5.88 Å². The number of hydrogen-bond donors (Lipinski definition) is 1. The van der Waals surface area contributed by atoms with Gasteiger partial charge in [-0.15, -0.1) is 0 Å². The quantitative estimate of drug-likeness (QED) is 0.794. The highest BCUT2D eigenvalue weighted by molar-refractivity contribution is 5.87. The van der Waals surface area contributed by atoms with Crippen molar-refractivity contribution in [3.8, 4) is 28.1 Å². The minimum absolute atomic E-state index is 0.250. The van der Waals surface area contributed by atoms with Gasteiger partial charge in [0, 0.05) is 18.0 Å². The zero-order chi connectivity index (χ0) is 14.8. The molecule has 0 amide bonds. The van der Waals surface area contributed by atoms with Crippen LogP contribution in [0.25, 0.3) is 22.4 Å². The first-order chi connectivity index (χ1) is 10.2. The standard InChI is InChI=1S/C15H14N4O2/c1-9-3-4-10(5-12(9)20-2)13-14(19-21-15(13)16)11-6-17-8-18-7-11/h3-8H,16H2,1-2H3. The number of ether oxygens (including phenoxy) is 1. The van der Waals surface area contributed by atoms with Crippen LogP contribution in [0.15, 0.2) is 41.4 Å². The molecule has 1 aromatic carbocycles. The molecule has 6 nitrogen and oxygen atoms in total. The number of benzene rings is 1. The Balaban J connectivity index is 2.17. The number of aromatic nitrogens is 3. The molecule has 2 heterocycles. The van der Waals surface area contributed by atoms with Crippen molar-refractivity contribution in [1.29, 1.82) is 0 Å². The maximum atomic E-state index is 5.93. The van der Waals surface area contributed by atoms with Gasteiger partial charge >= 0.3 is 0 Å². The van der Waals surface area contributed by atoms with Crippen LogP contribution in [0.1, 0.15) is 5.56 Å². The van der Waals surface area contributed by atoms with Crippen molar-refractivity contribution in [2.24, 2.45) is 0 Å². The highest BCUT2D eigenvalue weighted by Gasteiger charge is 2.18. The summed E-state index contributed by atoms with van der Waals surface area (Å²) in [5.74, 6) is 1.03. The molecule has 2 aromatic heterocycles. The van der Waals surface area contributed by atoms with E-state index >= 15 is 0 Å². The van der Waals surface area contributed by atoms with Gasteiger partial charge in [-0.05, 0) is 24.1 Å². The lowest BCUT2D eigenvalue weighted by Crippen LogP contribution is -1.92. The maximum absolute atomic E-state index is 5.93. The Morgan fingerprint density at radius 3 is 2.62 bits per heavy atom. The monoisotopic (exact) mass is 282 g/mol. The molecule has 0 atom stereocenters. The molecule has 0 bridgehead atoms. The fraction of sp³-hybridized carbons (Fsp3) is 0.133. The fourth-order valence-corrected chi connectivity index (χ4v) is 2.18. The Morgan fingerprint density at radius 2 is 1.90 bits per heavy atom. The average molecular weight is 282 g/mol. The molecule has 0 saturated heterocycles. The van der Waals surface area contributed by atoms with Crippen molar-refractivity contribution < 1.29 is 9.26 Å². The summed E-state index contributed by atoms with van der Waals surface area (Å²) in [4.78, 5) is 7.99. The third-order valence-corrected chi connectivity index (χ3v) is 3.25. The van der Waals surface area contributed by atoms with E-state index in [0.29, 0.717) is 11.3 Å². The average Bonchev–Trinajstić information content (AvgIpc) is 2.90. The summed E-state index contributed by atoms with van der Waals surface area (Å²) < 4.78 is 10.5. The molecule has 0 saturated carbocycles. The van der Waals surface area contributed by atoms with Crippen LogP contribution in [0, 0.1) is 6.92 Å². The second-order valence-electron chi connectivity index (χ2n) is 4.58. The third kappa shape index (κ3) is 2.31. The maximum Gasteiger partial charge on any atom is 0.230 e. The fourth-order valence-electron chi connectivity index (χ4n) is 2.18. The second-order valence-corrected chi connectivity index (χ2v) is 4.58. The smallest absolute Gasteiger partial charge is 0.230 e. The second kappa shape index (κ2) is 5.24. The first kappa shape index (κ1) is 13.1. The minimum Gasteiger partial charge on any atom is -0.496 e. The molecule has 2 N–H and O–H groups in total. The molecule has 3 aromatic rings. The van der Waals surface area contributed by atoms with Crippen LogP contribution in [0.4, 0.5) is 5.88 Å². The van der Waals surface area contributed by atoms with Crippen LogP contribution in [0.5, 0.6) is 5.75 Å². The van der Waals surface area contributed by atoms with Gasteiger partial charge in [0.1, 0.15) is 17.8 Å². The normalized spacial score (nSPS) is 10.6. The zero-order valence-electron chi connectivity index (χ0n) is 11.7. The number of hydrogen-bond acceptors (Lipinski definition) is 6. The van der Waals surface area contributed by atoms with Crippen LogP contribution < -0.4 is 10.5 Å². The number of methoxy groups -OCH3 is 1. The number of nitrogen functional groups attached to an aromatic ring is 1. The van der Waals surface area contributed by atoms with Gasteiger partial charge in [-0.1, -0.05) is 17.3 Å². The van der Waals surface area contributed by atoms with Crippen LogP contribution in [-0.2, 0) is 0 Å². The summed E-state index contributed by atoms with van der Waals surface area (Å²) >= 11 is 0. The highest BCUT2D eigenvalue weighted by atomic mass is 16.5. The largest absolute Gasteiger partial charge is 0.496 e. The Hall–Kier alpha value is -2.89. The topological polar surface area (TPSA) is 87.1 Å². The Bertz CT molecular complexity index is 769. The SMILES string of the molecule is COc1cc(-c2c(-c3cncnc3)noc2N)ccc1C. The molecule has 0 unspecified atom stereocenters. The van der Waals surface area contributed by atoms with Crippen molar-refractivity contribution in [3.63, 3.8) is 0 Å². The first-order valence-corrected chi connectivity index (χ1v) is 6.36. The molecule has 0 spiro atoms. The Labute approximate surface area is 121 Å². The summed E-state index contributed by atoms with van der Waals surface area (Å²) in [5.41, 5.74) is 9.91. The summed E-state index contributed by atoms with van der Waals surface area (Å²) in [6.07, 6.45) is 4.79. The number of rotatable bonds is 3. The Kier molecular flexibility index (Phi) is 3.27. The number of nitrogens with two attached hydrogens (primary N) is 1. The van der Waals surface area contributed by atoms with E-state index in [2.05, 4.69) is 15.1 Å². The highest BCUT2D eigenvalue weighted by Crippen LogP contribution is 2.37. The van der Waals surface area contributed by atoms with E-state index in [1.165, 1.54) is 6.33 Å². The van der Waals surface area contributed by atoms with Gasteiger partial charge in [0.15, 0.2) is 0 Å². The molecule has 6 heteroatoms. The van der Waals surface area contributed by atoms with E-state index in [1.807, 2.05) is 25.1 Å². The molecule has 0 aliphatic rings. The molecule has 21 heavy (non-hydrogen) atoms. The molecule has 3 rings (SSSR count). The summed E-state index contributed by atoms with van der Waals surface area (Å²) in [6, 6.07) is 5.82. The molecule has 0 aliphatic carbocycles. The predicted molar refractivity (Wildman–Crippen MR) is 78.7 cm³/mol. The molecule has 0 fully saturated rings. The van der Waals surface area contributed by atoms with E-state index in [9.17, 15) is 0 Å². The molecule has 106 valence electrons. The lowest BCUT2D eigenvalue weighted by atomic mass is 10.0. The van der Waals surface area contributed by atoms with Crippen molar-refractivity contribution in [3.05, 3.63) is 42.5 Å². The predicted octanol–water partition coefficient (Wildman–Crippen LogP) is 2.70.